The molecule has 1 aromatic heterocycles. The summed E-state index contributed by atoms with van der Waals surface area (Å²) in [7, 11) is 0. The number of esters is 1. The molecule has 0 saturated carbocycles. The molecule has 1 N–H and O–H groups in total. The zero-order chi connectivity index (χ0) is 20.8. The third-order valence-corrected chi connectivity index (χ3v) is 4.56. The highest BCUT2D eigenvalue weighted by Crippen LogP contribution is 2.27. The predicted octanol–water partition coefficient (Wildman–Crippen LogP) is 5.10. The molecule has 0 aliphatic rings. The Morgan fingerprint density at radius 3 is 2.55 bits per heavy atom. The normalized spacial score (nSPS) is 10.6. The van der Waals surface area contributed by atoms with Crippen LogP contribution in [0.2, 0.25) is 0 Å². The SMILES string of the molecule is O=C(COC(=O)CCc1ccc(-c2ccccc2)o1)Nc1c(F)cc(F)cc1Br. The number of hydrogen-bond acceptors (Lipinski definition) is 4. The summed E-state index contributed by atoms with van der Waals surface area (Å²) in [5.41, 5.74) is 0.702. The van der Waals surface area contributed by atoms with E-state index >= 15 is 0 Å². The number of hydrogen-bond donors (Lipinski definition) is 1. The second kappa shape index (κ2) is 9.47. The average molecular weight is 464 g/mol. The van der Waals surface area contributed by atoms with Crippen molar-refractivity contribution in [3.05, 3.63) is 76.5 Å². The number of carbonyl (C=O) groups is 2. The van der Waals surface area contributed by atoms with Crippen molar-refractivity contribution >= 4 is 33.5 Å². The maximum absolute atomic E-state index is 13.7. The van der Waals surface area contributed by atoms with Gasteiger partial charge in [0.2, 0.25) is 0 Å². The van der Waals surface area contributed by atoms with Crippen LogP contribution in [0, 0.1) is 11.6 Å². The van der Waals surface area contributed by atoms with Gasteiger partial charge in [0.25, 0.3) is 5.91 Å². The summed E-state index contributed by atoms with van der Waals surface area (Å²) in [6, 6.07) is 14.8. The van der Waals surface area contributed by atoms with Gasteiger partial charge in [-0.15, -0.1) is 0 Å². The third-order valence-electron chi connectivity index (χ3n) is 3.93. The van der Waals surface area contributed by atoms with Crippen LogP contribution in [-0.2, 0) is 20.7 Å². The number of rotatable bonds is 7. The van der Waals surface area contributed by atoms with E-state index in [1.807, 2.05) is 36.4 Å². The molecule has 0 spiro atoms. The van der Waals surface area contributed by atoms with Crippen molar-refractivity contribution in [2.24, 2.45) is 0 Å². The van der Waals surface area contributed by atoms with Crippen LogP contribution in [0.5, 0.6) is 0 Å². The Kier molecular flexibility index (Phi) is 6.77. The number of carbonyl (C=O) groups excluding carboxylic acids is 2. The lowest BCUT2D eigenvalue weighted by atomic mass is 10.2. The molecule has 0 aliphatic carbocycles. The molecule has 0 atom stereocenters. The first-order valence-electron chi connectivity index (χ1n) is 8.66. The number of benzene rings is 2. The maximum Gasteiger partial charge on any atom is 0.306 e. The highest BCUT2D eigenvalue weighted by Gasteiger charge is 2.15. The van der Waals surface area contributed by atoms with E-state index in [9.17, 15) is 18.4 Å². The minimum Gasteiger partial charge on any atom is -0.461 e. The first kappa shape index (κ1) is 20.7. The molecular formula is C21H16BrF2NO4. The molecule has 150 valence electrons. The molecule has 3 rings (SSSR count). The zero-order valence-corrected chi connectivity index (χ0v) is 16.7. The Balaban J connectivity index is 1.46. The van der Waals surface area contributed by atoms with Gasteiger partial charge in [-0.3, -0.25) is 9.59 Å². The standard InChI is InChI=1S/C21H16BrF2NO4/c22-16-10-14(23)11-17(24)21(16)25-19(26)12-28-20(27)9-7-15-6-8-18(29-15)13-4-2-1-3-5-13/h1-6,8,10-11H,7,9,12H2,(H,25,26). The molecule has 0 aliphatic heterocycles. The number of nitrogens with one attached hydrogen (secondary N) is 1. The molecule has 8 heteroatoms. The summed E-state index contributed by atoms with van der Waals surface area (Å²) in [6.45, 7) is -0.588. The monoisotopic (exact) mass is 463 g/mol. The number of furan rings is 1. The lowest BCUT2D eigenvalue weighted by Gasteiger charge is -2.09. The lowest BCUT2D eigenvalue weighted by molar-refractivity contribution is -0.147. The van der Waals surface area contributed by atoms with Crippen molar-refractivity contribution in [3.8, 4) is 11.3 Å². The fourth-order valence-corrected chi connectivity index (χ4v) is 3.06. The van der Waals surface area contributed by atoms with Crippen molar-refractivity contribution in [3.63, 3.8) is 0 Å². The minimum atomic E-state index is -0.941. The highest BCUT2D eigenvalue weighted by molar-refractivity contribution is 9.10. The lowest BCUT2D eigenvalue weighted by Crippen LogP contribution is -2.21. The van der Waals surface area contributed by atoms with Crippen molar-refractivity contribution in [2.75, 3.05) is 11.9 Å². The fraction of sp³-hybridized carbons (Fsp3) is 0.143. The molecule has 0 radical (unpaired) electrons. The predicted molar refractivity (Wildman–Crippen MR) is 106 cm³/mol. The quantitative estimate of drug-likeness (QED) is 0.494. The second-order valence-electron chi connectivity index (χ2n) is 6.09. The van der Waals surface area contributed by atoms with Crippen molar-refractivity contribution in [1.82, 2.24) is 0 Å². The Hall–Kier alpha value is -3.00. The van der Waals surface area contributed by atoms with E-state index in [2.05, 4.69) is 21.2 Å². The van der Waals surface area contributed by atoms with E-state index in [-0.39, 0.29) is 16.6 Å². The summed E-state index contributed by atoms with van der Waals surface area (Å²) in [5.74, 6) is -1.76. The smallest absolute Gasteiger partial charge is 0.306 e. The molecule has 1 heterocycles. The molecule has 1 amide bonds. The van der Waals surface area contributed by atoms with Gasteiger partial charge in [-0.2, -0.15) is 0 Å². The average Bonchev–Trinajstić information content (AvgIpc) is 3.17. The number of aryl methyl sites for hydroxylation is 1. The van der Waals surface area contributed by atoms with E-state index in [4.69, 9.17) is 9.15 Å². The van der Waals surface area contributed by atoms with E-state index in [1.165, 1.54) is 0 Å². The van der Waals surface area contributed by atoms with Crippen LogP contribution in [-0.4, -0.2) is 18.5 Å². The molecule has 0 fully saturated rings. The van der Waals surface area contributed by atoms with Gasteiger partial charge in [-0.25, -0.2) is 8.78 Å². The molecule has 0 bridgehead atoms. The number of amides is 1. The van der Waals surface area contributed by atoms with Crippen LogP contribution in [0.15, 0.2) is 63.5 Å². The Morgan fingerprint density at radius 2 is 1.83 bits per heavy atom. The zero-order valence-electron chi connectivity index (χ0n) is 15.1. The highest BCUT2D eigenvalue weighted by atomic mass is 79.9. The van der Waals surface area contributed by atoms with Crippen LogP contribution >= 0.6 is 15.9 Å². The van der Waals surface area contributed by atoms with Crippen molar-refractivity contribution in [1.29, 1.82) is 0 Å². The van der Waals surface area contributed by atoms with Gasteiger partial charge in [-0.1, -0.05) is 30.3 Å². The number of halogens is 3. The third kappa shape index (κ3) is 5.74. The van der Waals surface area contributed by atoms with E-state index in [0.29, 0.717) is 24.0 Å². The van der Waals surface area contributed by atoms with Crippen LogP contribution < -0.4 is 5.32 Å². The molecule has 0 saturated heterocycles. The van der Waals surface area contributed by atoms with Crippen LogP contribution in [0.3, 0.4) is 0 Å². The Bertz CT molecular complexity index is 998. The molecule has 5 nitrogen and oxygen atoms in total. The van der Waals surface area contributed by atoms with E-state index in [1.54, 1.807) is 6.07 Å². The van der Waals surface area contributed by atoms with Gasteiger partial charge in [0.15, 0.2) is 12.4 Å². The van der Waals surface area contributed by atoms with Crippen molar-refractivity contribution < 1.29 is 27.5 Å². The van der Waals surface area contributed by atoms with E-state index < -0.39 is 30.1 Å². The van der Waals surface area contributed by atoms with E-state index in [0.717, 1.165) is 11.6 Å². The van der Waals surface area contributed by atoms with Gasteiger partial charge >= 0.3 is 5.97 Å². The summed E-state index contributed by atoms with van der Waals surface area (Å²) in [6.07, 6.45) is 0.328. The van der Waals surface area contributed by atoms with Crippen LogP contribution in [0.4, 0.5) is 14.5 Å². The van der Waals surface area contributed by atoms with Gasteiger partial charge in [0.1, 0.15) is 17.3 Å². The number of anilines is 1. The minimum absolute atomic E-state index is 0.0175. The van der Waals surface area contributed by atoms with Gasteiger partial charge in [0, 0.05) is 22.5 Å². The summed E-state index contributed by atoms with van der Waals surface area (Å²) < 4.78 is 37.4. The fourth-order valence-electron chi connectivity index (χ4n) is 2.55. The van der Waals surface area contributed by atoms with Gasteiger partial charge in [-0.05, 0) is 34.1 Å². The van der Waals surface area contributed by atoms with Crippen molar-refractivity contribution in [2.45, 2.75) is 12.8 Å². The molecule has 29 heavy (non-hydrogen) atoms. The molecule has 0 unspecified atom stereocenters. The number of ether oxygens (including phenoxy) is 1. The molecule has 3 aromatic rings. The molecular weight excluding hydrogens is 448 g/mol. The Morgan fingerprint density at radius 1 is 1.07 bits per heavy atom. The first-order chi connectivity index (χ1) is 13.9. The second-order valence-corrected chi connectivity index (χ2v) is 6.94. The molecule has 2 aromatic carbocycles. The first-order valence-corrected chi connectivity index (χ1v) is 9.46. The summed E-state index contributed by atoms with van der Waals surface area (Å²) in [4.78, 5) is 23.7. The summed E-state index contributed by atoms with van der Waals surface area (Å²) >= 11 is 2.96. The Labute approximate surface area is 173 Å². The van der Waals surface area contributed by atoms with Gasteiger partial charge < -0.3 is 14.5 Å². The largest absolute Gasteiger partial charge is 0.461 e. The maximum atomic E-state index is 13.7. The topological polar surface area (TPSA) is 68.5 Å². The van der Waals surface area contributed by atoms with Crippen LogP contribution in [0.25, 0.3) is 11.3 Å². The van der Waals surface area contributed by atoms with Gasteiger partial charge in [0.05, 0.1) is 12.1 Å². The summed E-state index contributed by atoms with van der Waals surface area (Å²) in [5, 5.41) is 2.23. The van der Waals surface area contributed by atoms with Crippen LogP contribution in [0.1, 0.15) is 12.2 Å².